The third kappa shape index (κ3) is 4.11. The Labute approximate surface area is 124 Å². The molecule has 1 aliphatic carbocycles. The average Bonchev–Trinajstić information content (AvgIpc) is 2.41. The standard InChI is InChI=1S/C16H23NO4/c1-9-10(2)15(20)12(11(3)14(9)19)5-7-16(4,21)8-6-13(17)18/h21H,5-8H2,1-4H3,(H2,17,18). The van der Waals surface area contributed by atoms with Crippen LogP contribution in [0, 0.1) is 0 Å². The number of Topliss-reactive ketones (excluding diaryl/α,β-unsaturated/α-hetero) is 2. The van der Waals surface area contributed by atoms with Crippen LogP contribution in [0.2, 0.25) is 0 Å². The number of nitrogens with two attached hydrogens (primary N) is 1. The molecule has 0 aromatic rings. The van der Waals surface area contributed by atoms with Crippen molar-refractivity contribution in [1.29, 1.82) is 0 Å². The fourth-order valence-corrected chi connectivity index (χ4v) is 2.37. The molecule has 0 fully saturated rings. The van der Waals surface area contributed by atoms with E-state index in [4.69, 9.17) is 5.73 Å². The molecule has 21 heavy (non-hydrogen) atoms. The average molecular weight is 293 g/mol. The quantitative estimate of drug-likeness (QED) is 0.727. The molecule has 0 aromatic heterocycles. The molecule has 1 amide bonds. The van der Waals surface area contributed by atoms with Crippen molar-refractivity contribution in [3.05, 3.63) is 22.3 Å². The van der Waals surface area contributed by atoms with Crippen LogP contribution < -0.4 is 5.73 Å². The lowest BCUT2D eigenvalue weighted by Gasteiger charge is -2.25. The van der Waals surface area contributed by atoms with E-state index in [2.05, 4.69) is 0 Å². The van der Waals surface area contributed by atoms with Crippen molar-refractivity contribution in [2.75, 3.05) is 0 Å². The minimum absolute atomic E-state index is 0.0932. The Bertz CT molecular complexity index is 553. The highest BCUT2D eigenvalue weighted by Crippen LogP contribution is 2.29. The fraction of sp³-hybridized carbons (Fsp3) is 0.562. The number of aliphatic hydroxyl groups is 1. The second-order valence-electron chi connectivity index (χ2n) is 5.98. The predicted molar refractivity (Wildman–Crippen MR) is 79.4 cm³/mol. The summed E-state index contributed by atoms with van der Waals surface area (Å²) in [7, 11) is 0. The van der Waals surface area contributed by atoms with E-state index in [1.807, 2.05) is 0 Å². The van der Waals surface area contributed by atoms with Crippen molar-refractivity contribution in [2.24, 2.45) is 5.73 Å². The third-order valence-electron chi connectivity index (χ3n) is 4.13. The Hall–Kier alpha value is -1.75. The molecular weight excluding hydrogens is 270 g/mol. The Morgan fingerprint density at radius 1 is 1.05 bits per heavy atom. The Morgan fingerprint density at radius 3 is 2.10 bits per heavy atom. The summed E-state index contributed by atoms with van der Waals surface area (Å²) >= 11 is 0. The number of carbonyl (C=O) groups excluding carboxylic acids is 3. The first-order chi connectivity index (χ1) is 9.57. The van der Waals surface area contributed by atoms with Gasteiger partial charge in [-0.05, 0) is 47.0 Å². The molecule has 0 heterocycles. The van der Waals surface area contributed by atoms with E-state index in [1.165, 1.54) is 0 Å². The molecular formula is C16H23NO4. The van der Waals surface area contributed by atoms with Crippen LogP contribution in [-0.2, 0) is 14.4 Å². The maximum absolute atomic E-state index is 12.3. The van der Waals surface area contributed by atoms with Gasteiger partial charge in [0.15, 0.2) is 11.6 Å². The van der Waals surface area contributed by atoms with E-state index in [-0.39, 0.29) is 24.4 Å². The molecule has 1 rings (SSSR count). The molecule has 1 unspecified atom stereocenters. The van der Waals surface area contributed by atoms with Crippen LogP contribution >= 0.6 is 0 Å². The SMILES string of the molecule is CC1=C(C)C(=O)C(CCC(C)(O)CCC(N)=O)=C(C)C1=O. The molecule has 116 valence electrons. The number of rotatable bonds is 6. The number of allylic oxidation sites excluding steroid dienone is 4. The maximum Gasteiger partial charge on any atom is 0.217 e. The molecule has 5 nitrogen and oxygen atoms in total. The molecule has 0 bridgehead atoms. The second-order valence-corrected chi connectivity index (χ2v) is 5.98. The zero-order valence-electron chi connectivity index (χ0n) is 13.1. The number of hydrogen-bond donors (Lipinski definition) is 2. The highest BCUT2D eigenvalue weighted by molar-refractivity contribution is 6.24. The van der Waals surface area contributed by atoms with E-state index < -0.39 is 11.5 Å². The molecule has 0 saturated carbocycles. The highest BCUT2D eigenvalue weighted by Gasteiger charge is 2.29. The molecule has 1 aliphatic rings. The van der Waals surface area contributed by atoms with Crippen LogP contribution in [0.4, 0.5) is 0 Å². The van der Waals surface area contributed by atoms with Gasteiger partial charge in [-0.2, -0.15) is 0 Å². The van der Waals surface area contributed by atoms with Gasteiger partial charge in [-0.25, -0.2) is 0 Å². The number of ketones is 2. The molecule has 0 radical (unpaired) electrons. The minimum Gasteiger partial charge on any atom is -0.390 e. The summed E-state index contributed by atoms with van der Waals surface area (Å²) in [6.07, 6.45) is 0.950. The number of primary amides is 1. The van der Waals surface area contributed by atoms with Crippen LogP contribution in [0.25, 0.3) is 0 Å². The second kappa shape index (κ2) is 6.35. The van der Waals surface area contributed by atoms with E-state index >= 15 is 0 Å². The van der Waals surface area contributed by atoms with Gasteiger partial charge < -0.3 is 10.8 Å². The molecule has 0 aromatic carbocycles. The largest absolute Gasteiger partial charge is 0.390 e. The Kier molecular flexibility index (Phi) is 5.23. The summed E-state index contributed by atoms with van der Waals surface area (Å²) in [6.45, 7) is 6.55. The van der Waals surface area contributed by atoms with Crippen molar-refractivity contribution in [1.82, 2.24) is 0 Å². The van der Waals surface area contributed by atoms with Gasteiger partial charge in [0, 0.05) is 28.7 Å². The Balaban J connectivity index is 2.81. The van der Waals surface area contributed by atoms with Gasteiger partial charge in [-0.3, -0.25) is 14.4 Å². The monoisotopic (exact) mass is 293 g/mol. The lowest BCUT2D eigenvalue weighted by atomic mass is 9.82. The lowest BCUT2D eigenvalue weighted by molar-refractivity contribution is -0.119. The van der Waals surface area contributed by atoms with Gasteiger partial charge in [0.25, 0.3) is 0 Å². The maximum atomic E-state index is 12.3. The van der Waals surface area contributed by atoms with Crippen LogP contribution in [0.3, 0.4) is 0 Å². The normalized spacial score (nSPS) is 19.1. The Morgan fingerprint density at radius 2 is 1.57 bits per heavy atom. The van der Waals surface area contributed by atoms with Crippen LogP contribution in [-0.4, -0.2) is 28.2 Å². The van der Waals surface area contributed by atoms with Gasteiger partial charge in [0.2, 0.25) is 5.91 Å². The first-order valence-electron chi connectivity index (χ1n) is 7.04. The summed E-state index contributed by atoms with van der Waals surface area (Å²) in [5.41, 5.74) is 5.85. The topological polar surface area (TPSA) is 97.5 Å². The van der Waals surface area contributed by atoms with E-state index in [0.29, 0.717) is 35.1 Å². The summed E-state index contributed by atoms with van der Waals surface area (Å²) in [6, 6.07) is 0. The van der Waals surface area contributed by atoms with Crippen molar-refractivity contribution < 1.29 is 19.5 Å². The smallest absolute Gasteiger partial charge is 0.217 e. The third-order valence-corrected chi connectivity index (χ3v) is 4.13. The van der Waals surface area contributed by atoms with E-state index in [1.54, 1.807) is 27.7 Å². The molecule has 5 heteroatoms. The zero-order valence-corrected chi connectivity index (χ0v) is 13.1. The highest BCUT2D eigenvalue weighted by atomic mass is 16.3. The molecule has 0 saturated heterocycles. The van der Waals surface area contributed by atoms with E-state index in [0.717, 1.165) is 0 Å². The van der Waals surface area contributed by atoms with Crippen LogP contribution in [0.1, 0.15) is 53.4 Å². The summed E-state index contributed by atoms with van der Waals surface area (Å²) in [4.78, 5) is 35.1. The summed E-state index contributed by atoms with van der Waals surface area (Å²) in [5, 5.41) is 10.2. The lowest BCUT2D eigenvalue weighted by Crippen LogP contribution is -2.28. The van der Waals surface area contributed by atoms with Gasteiger partial charge in [0.05, 0.1) is 5.60 Å². The molecule has 3 N–H and O–H groups in total. The number of hydrogen-bond acceptors (Lipinski definition) is 4. The number of amides is 1. The molecule has 1 atom stereocenters. The van der Waals surface area contributed by atoms with Crippen molar-refractivity contribution in [3.63, 3.8) is 0 Å². The van der Waals surface area contributed by atoms with E-state index in [9.17, 15) is 19.5 Å². The fourth-order valence-electron chi connectivity index (χ4n) is 2.37. The zero-order chi connectivity index (χ0) is 16.4. The molecule has 0 aliphatic heterocycles. The van der Waals surface area contributed by atoms with Gasteiger partial charge in [-0.1, -0.05) is 0 Å². The first-order valence-corrected chi connectivity index (χ1v) is 7.04. The number of carbonyl (C=O) groups is 3. The van der Waals surface area contributed by atoms with Crippen molar-refractivity contribution in [2.45, 2.75) is 59.0 Å². The van der Waals surface area contributed by atoms with Crippen LogP contribution in [0.5, 0.6) is 0 Å². The van der Waals surface area contributed by atoms with Gasteiger partial charge in [-0.15, -0.1) is 0 Å². The molecule has 0 spiro atoms. The van der Waals surface area contributed by atoms with Crippen molar-refractivity contribution >= 4 is 17.5 Å². The van der Waals surface area contributed by atoms with Crippen LogP contribution in [0.15, 0.2) is 22.3 Å². The first kappa shape index (κ1) is 17.3. The van der Waals surface area contributed by atoms with Gasteiger partial charge in [0.1, 0.15) is 0 Å². The predicted octanol–water partition coefficient (Wildman–Crippen LogP) is 1.59. The van der Waals surface area contributed by atoms with Crippen molar-refractivity contribution in [3.8, 4) is 0 Å². The summed E-state index contributed by atoms with van der Waals surface area (Å²) < 4.78 is 0. The summed E-state index contributed by atoms with van der Waals surface area (Å²) in [5.74, 6) is -0.710. The van der Waals surface area contributed by atoms with Gasteiger partial charge >= 0.3 is 0 Å². The minimum atomic E-state index is -1.09.